The molecule has 5 nitrogen and oxygen atoms in total. The van der Waals surface area contributed by atoms with Crippen molar-refractivity contribution >= 4 is 34.5 Å². The Morgan fingerprint density at radius 3 is 2.38 bits per heavy atom. The minimum absolute atomic E-state index is 0.0586. The zero-order chi connectivity index (χ0) is 23.1. The Labute approximate surface area is 189 Å². The highest BCUT2D eigenvalue weighted by Crippen LogP contribution is 2.28. The lowest BCUT2D eigenvalue weighted by Gasteiger charge is -2.11. The summed E-state index contributed by atoms with van der Waals surface area (Å²) < 4.78 is 19.4. The number of rotatable bonds is 5. The van der Waals surface area contributed by atoms with Gasteiger partial charge < -0.3 is 21.0 Å². The van der Waals surface area contributed by atoms with E-state index in [1.807, 2.05) is 36.4 Å². The van der Waals surface area contributed by atoms with Crippen molar-refractivity contribution in [2.24, 2.45) is 5.73 Å². The number of primary amides is 1. The summed E-state index contributed by atoms with van der Waals surface area (Å²) in [5, 5.41) is 18.4. The number of fused-ring (bicyclic) bond motifs is 1. The second-order valence-electron chi connectivity index (χ2n) is 6.75. The van der Waals surface area contributed by atoms with E-state index in [-0.39, 0.29) is 28.8 Å². The maximum Gasteiger partial charge on any atom is 0.248 e. The number of ether oxygens (including phenoxy) is 1. The number of hydrogen-bond acceptors (Lipinski definition) is 4. The van der Waals surface area contributed by atoms with Crippen LogP contribution in [0.15, 0.2) is 78.9 Å². The molecule has 0 aromatic heterocycles. The second kappa shape index (κ2) is 10.4. The van der Waals surface area contributed by atoms with E-state index in [1.165, 1.54) is 30.5 Å². The second-order valence-corrected chi connectivity index (χ2v) is 7.16. The van der Waals surface area contributed by atoms with Crippen molar-refractivity contribution < 1.29 is 19.0 Å². The van der Waals surface area contributed by atoms with Gasteiger partial charge in [-0.1, -0.05) is 54.1 Å². The lowest BCUT2D eigenvalue weighted by Crippen LogP contribution is -2.10. The van der Waals surface area contributed by atoms with Crippen molar-refractivity contribution in [1.29, 1.82) is 5.41 Å². The summed E-state index contributed by atoms with van der Waals surface area (Å²) in [6.07, 6.45) is 1.32. The van der Waals surface area contributed by atoms with Crippen LogP contribution in [0.5, 0.6) is 11.5 Å². The Kier molecular flexibility index (Phi) is 7.41. The zero-order valence-electron chi connectivity index (χ0n) is 16.9. The molecule has 0 fully saturated rings. The minimum atomic E-state index is -0.563. The van der Waals surface area contributed by atoms with Gasteiger partial charge in [0.05, 0.1) is 5.02 Å². The van der Waals surface area contributed by atoms with Gasteiger partial charge in [-0.05, 0) is 41.8 Å². The van der Waals surface area contributed by atoms with E-state index in [4.69, 9.17) is 32.6 Å². The van der Waals surface area contributed by atoms with Crippen LogP contribution in [-0.4, -0.2) is 17.2 Å². The van der Waals surface area contributed by atoms with Crippen molar-refractivity contribution in [3.05, 3.63) is 106 Å². The number of amides is 1. The van der Waals surface area contributed by atoms with Crippen LogP contribution in [0, 0.1) is 11.2 Å². The molecular formula is C25H20ClFN2O3. The molecule has 1 amide bonds. The largest absolute Gasteiger partial charge is 0.506 e. The van der Waals surface area contributed by atoms with Crippen molar-refractivity contribution in [3.63, 3.8) is 0 Å². The minimum Gasteiger partial charge on any atom is -0.506 e. The number of carbonyl (C=O) groups is 1. The topological polar surface area (TPSA) is 96.4 Å². The Morgan fingerprint density at radius 2 is 1.72 bits per heavy atom. The lowest BCUT2D eigenvalue weighted by molar-refractivity contribution is 0.100. The van der Waals surface area contributed by atoms with Crippen molar-refractivity contribution in [1.82, 2.24) is 0 Å². The fourth-order valence-electron chi connectivity index (χ4n) is 2.98. The third-order valence-electron chi connectivity index (χ3n) is 4.65. The maximum atomic E-state index is 13.6. The van der Waals surface area contributed by atoms with Gasteiger partial charge in [0.2, 0.25) is 5.91 Å². The molecule has 0 spiro atoms. The normalized spacial score (nSPS) is 10.2. The van der Waals surface area contributed by atoms with Gasteiger partial charge >= 0.3 is 0 Å². The summed E-state index contributed by atoms with van der Waals surface area (Å²) in [6, 6.07) is 22.0. The van der Waals surface area contributed by atoms with E-state index in [9.17, 15) is 9.18 Å². The van der Waals surface area contributed by atoms with Crippen LogP contribution in [0.1, 0.15) is 21.5 Å². The molecule has 0 radical (unpaired) electrons. The SMILES string of the molecule is N=Cc1ccc(OCc2ccccc2F)c2ccccc12.NC(=O)c1ccc(O)c(Cl)c1. The quantitative estimate of drug-likeness (QED) is 0.340. The number of halogens is 2. The van der Waals surface area contributed by atoms with Gasteiger partial charge in [0, 0.05) is 28.3 Å². The Bertz CT molecular complexity index is 1280. The lowest BCUT2D eigenvalue weighted by atomic mass is 10.0. The monoisotopic (exact) mass is 450 g/mol. The number of nitrogens with two attached hydrogens (primary N) is 1. The van der Waals surface area contributed by atoms with Crippen molar-refractivity contribution in [2.75, 3.05) is 0 Å². The van der Waals surface area contributed by atoms with Crippen LogP contribution >= 0.6 is 11.6 Å². The molecular weight excluding hydrogens is 431 g/mol. The average Bonchev–Trinajstić information content (AvgIpc) is 2.80. The first-order chi connectivity index (χ1) is 15.4. The van der Waals surface area contributed by atoms with Gasteiger partial charge in [0.15, 0.2) is 0 Å². The standard InChI is InChI=1S/C18H14FNO.C7H6ClNO2/c19-17-8-4-1-5-14(17)12-21-18-10-9-13(11-20)15-6-2-3-7-16(15)18;8-5-3-4(7(9)11)1-2-6(5)10/h1-11,20H,12H2;1-3,10H,(H2,9,11). The number of aromatic hydroxyl groups is 1. The number of nitrogens with one attached hydrogen (secondary N) is 1. The van der Waals surface area contributed by atoms with E-state index in [2.05, 4.69) is 0 Å². The smallest absolute Gasteiger partial charge is 0.248 e. The van der Waals surface area contributed by atoms with E-state index >= 15 is 0 Å². The number of carbonyl (C=O) groups excluding carboxylic acids is 1. The molecule has 0 bridgehead atoms. The summed E-state index contributed by atoms with van der Waals surface area (Å²) in [5.74, 6) is -0.194. The van der Waals surface area contributed by atoms with Crippen LogP contribution < -0.4 is 10.5 Å². The first-order valence-corrected chi connectivity index (χ1v) is 9.95. The van der Waals surface area contributed by atoms with Gasteiger partial charge in [-0.3, -0.25) is 4.79 Å². The zero-order valence-corrected chi connectivity index (χ0v) is 17.6. The number of phenolic OH excluding ortho intramolecular Hbond substituents is 1. The third-order valence-corrected chi connectivity index (χ3v) is 4.95. The van der Waals surface area contributed by atoms with Crippen LogP contribution in [-0.2, 0) is 6.61 Å². The summed E-state index contributed by atoms with van der Waals surface area (Å²) in [7, 11) is 0. The van der Waals surface area contributed by atoms with Gasteiger partial charge in [-0.15, -0.1) is 0 Å². The molecule has 4 aromatic rings. The van der Waals surface area contributed by atoms with Gasteiger partial charge in [0.1, 0.15) is 23.9 Å². The van der Waals surface area contributed by atoms with Gasteiger partial charge in [-0.25, -0.2) is 4.39 Å². The molecule has 162 valence electrons. The molecule has 7 heteroatoms. The molecule has 0 saturated heterocycles. The Morgan fingerprint density at radius 1 is 1.03 bits per heavy atom. The van der Waals surface area contributed by atoms with E-state index in [1.54, 1.807) is 18.2 Å². The highest BCUT2D eigenvalue weighted by atomic mass is 35.5. The summed E-state index contributed by atoms with van der Waals surface area (Å²) in [6.45, 7) is 0.181. The van der Waals surface area contributed by atoms with E-state index in [0.717, 1.165) is 16.3 Å². The highest BCUT2D eigenvalue weighted by Gasteiger charge is 2.07. The average molecular weight is 451 g/mol. The molecule has 0 aliphatic heterocycles. The third kappa shape index (κ3) is 5.42. The molecule has 0 aliphatic carbocycles. The van der Waals surface area contributed by atoms with Crippen molar-refractivity contribution in [2.45, 2.75) is 6.61 Å². The predicted molar refractivity (Wildman–Crippen MR) is 124 cm³/mol. The van der Waals surface area contributed by atoms with Gasteiger partial charge in [0.25, 0.3) is 0 Å². The maximum absolute atomic E-state index is 13.6. The molecule has 32 heavy (non-hydrogen) atoms. The molecule has 4 rings (SSSR count). The molecule has 0 unspecified atom stereocenters. The van der Waals surface area contributed by atoms with Crippen LogP contribution in [0.3, 0.4) is 0 Å². The number of phenols is 1. The Hall–Kier alpha value is -3.90. The summed E-state index contributed by atoms with van der Waals surface area (Å²) in [5.41, 5.74) is 6.60. The summed E-state index contributed by atoms with van der Waals surface area (Å²) >= 11 is 5.50. The van der Waals surface area contributed by atoms with Crippen LogP contribution in [0.25, 0.3) is 10.8 Å². The predicted octanol–water partition coefficient (Wildman–Crippen LogP) is 5.70. The first kappa shape index (κ1) is 22.8. The van der Waals surface area contributed by atoms with Gasteiger partial charge in [-0.2, -0.15) is 0 Å². The van der Waals surface area contributed by atoms with Crippen molar-refractivity contribution in [3.8, 4) is 11.5 Å². The van der Waals surface area contributed by atoms with Crippen LogP contribution in [0.2, 0.25) is 5.02 Å². The Balaban J connectivity index is 0.000000222. The number of benzene rings is 4. The molecule has 0 heterocycles. The fraction of sp³-hybridized carbons (Fsp3) is 0.0400. The van der Waals surface area contributed by atoms with Crippen LogP contribution in [0.4, 0.5) is 4.39 Å². The highest BCUT2D eigenvalue weighted by molar-refractivity contribution is 6.32. The molecule has 4 aromatic carbocycles. The fourth-order valence-corrected chi connectivity index (χ4v) is 3.16. The number of hydrogen-bond donors (Lipinski definition) is 3. The van der Waals surface area contributed by atoms with E-state index in [0.29, 0.717) is 11.3 Å². The van der Waals surface area contributed by atoms with E-state index < -0.39 is 5.91 Å². The molecule has 0 saturated carbocycles. The molecule has 0 aliphatic rings. The molecule has 4 N–H and O–H groups in total. The summed E-state index contributed by atoms with van der Waals surface area (Å²) in [4.78, 5) is 10.5. The first-order valence-electron chi connectivity index (χ1n) is 9.57. The molecule has 0 atom stereocenters.